The molecule has 0 atom stereocenters. The molecule has 3 heteroatoms. The van der Waals surface area contributed by atoms with Crippen LogP contribution in [0.3, 0.4) is 0 Å². The van der Waals surface area contributed by atoms with E-state index in [1.807, 2.05) is 24.3 Å². The topological polar surface area (TPSA) is 35.1 Å². The number of benzene rings is 2. The van der Waals surface area contributed by atoms with Gasteiger partial charge in [-0.1, -0.05) is 30.3 Å². The zero-order valence-electron chi connectivity index (χ0n) is 12.1. The normalized spacial score (nSPS) is 10.3. The second-order valence-corrected chi connectivity index (χ2v) is 4.69. The van der Waals surface area contributed by atoms with E-state index in [2.05, 4.69) is 29.6 Å². The smallest absolute Gasteiger partial charge is 0.122 e. The molecule has 0 bridgehead atoms. The monoisotopic (exact) mass is 272 g/mol. The molecule has 0 saturated heterocycles. The predicted octanol–water partition coefficient (Wildman–Crippen LogP) is 2.01. The number of quaternary nitrogens is 1. The molecule has 0 unspecified atom stereocenters. The van der Waals surface area contributed by atoms with E-state index in [1.54, 1.807) is 14.2 Å². The third kappa shape index (κ3) is 4.00. The number of hydrogen-bond acceptors (Lipinski definition) is 2. The molecule has 0 fully saturated rings. The second kappa shape index (κ2) is 7.56. The Morgan fingerprint density at radius 1 is 0.950 bits per heavy atom. The molecular weight excluding hydrogens is 250 g/mol. The van der Waals surface area contributed by atoms with Gasteiger partial charge in [0.05, 0.1) is 20.8 Å². The van der Waals surface area contributed by atoms with Crippen molar-refractivity contribution in [3.8, 4) is 11.5 Å². The molecule has 2 rings (SSSR count). The van der Waals surface area contributed by atoms with Crippen LogP contribution in [0.25, 0.3) is 0 Å². The van der Waals surface area contributed by atoms with E-state index in [0.29, 0.717) is 0 Å². The molecule has 20 heavy (non-hydrogen) atoms. The summed E-state index contributed by atoms with van der Waals surface area (Å²) in [5.41, 5.74) is 2.54. The largest absolute Gasteiger partial charge is 0.497 e. The average Bonchev–Trinajstić information content (AvgIpc) is 2.52. The van der Waals surface area contributed by atoms with Crippen LogP contribution in [0.2, 0.25) is 0 Å². The summed E-state index contributed by atoms with van der Waals surface area (Å²) in [6.07, 6.45) is 1.01. The highest BCUT2D eigenvalue weighted by atomic mass is 16.5. The number of rotatable bonds is 7. The number of para-hydroxylation sites is 1. The van der Waals surface area contributed by atoms with Gasteiger partial charge in [-0.3, -0.25) is 0 Å². The quantitative estimate of drug-likeness (QED) is 0.783. The van der Waals surface area contributed by atoms with Gasteiger partial charge in [-0.05, 0) is 23.8 Å². The maximum Gasteiger partial charge on any atom is 0.122 e. The van der Waals surface area contributed by atoms with E-state index in [-0.39, 0.29) is 0 Å². The molecule has 0 heterocycles. The van der Waals surface area contributed by atoms with Gasteiger partial charge in [-0.15, -0.1) is 0 Å². The molecule has 0 aliphatic heterocycles. The van der Waals surface area contributed by atoms with Gasteiger partial charge in [-0.25, -0.2) is 0 Å². The van der Waals surface area contributed by atoms with Gasteiger partial charge in [0.25, 0.3) is 0 Å². The van der Waals surface area contributed by atoms with E-state index in [1.165, 1.54) is 11.1 Å². The van der Waals surface area contributed by atoms with Gasteiger partial charge < -0.3 is 14.8 Å². The molecular formula is C17H22NO2+. The van der Waals surface area contributed by atoms with E-state index < -0.39 is 0 Å². The van der Waals surface area contributed by atoms with Gasteiger partial charge >= 0.3 is 0 Å². The number of hydrogen-bond donors (Lipinski definition) is 1. The van der Waals surface area contributed by atoms with E-state index >= 15 is 0 Å². The van der Waals surface area contributed by atoms with Crippen molar-refractivity contribution in [2.45, 2.75) is 13.0 Å². The first-order valence-corrected chi connectivity index (χ1v) is 6.90. The summed E-state index contributed by atoms with van der Waals surface area (Å²) in [5.74, 6) is 1.89. The molecule has 0 radical (unpaired) electrons. The maximum atomic E-state index is 5.36. The Morgan fingerprint density at radius 2 is 1.80 bits per heavy atom. The third-order valence-electron chi connectivity index (χ3n) is 3.32. The van der Waals surface area contributed by atoms with Gasteiger partial charge in [-0.2, -0.15) is 0 Å². The Labute approximate surface area is 120 Å². The Balaban J connectivity index is 1.81. The van der Waals surface area contributed by atoms with Gasteiger partial charge in [0, 0.05) is 12.0 Å². The molecule has 3 nitrogen and oxygen atoms in total. The standard InChI is InChI=1S/C17H21NO2/c1-19-16-8-5-6-14(12-16)13-18-11-10-15-7-3-4-9-17(15)20-2/h3-9,12,18H,10-11,13H2,1-2H3/p+1. The van der Waals surface area contributed by atoms with Gasteiger partial charge in [0.15, 0.2) is 0 Å². The van der Waals surface area contributed by atoms with Crippen LogP contribution in [0, 0.1) is 0 Å². The molecule has 2 aromatic carbocycles. The first-order valence-electron chi connectivity index (χ1n) is 6.90. The molecule has 0 aromatic heterocycles. The van der Waals surface area contributed by atoms with E-state index in [9.17, 15) is 0 Å². The van der Waals surface area contributed by atoms with Crippen LogP contribution >= 0.6 is 0 Å². The fourth-order valence-corrected chi connectivity index (χ4v) is 2.24. The molecule has 0 spiro atoms. The first-order chi connectivity index (χ1) is 9.83. The van der Waals surface area contributed by atoms with Crippen molar-refractivity contribution < 1.29 is 14.8 Å². The SMILES string of the molecule is COc1cccc(C[NH2+]CCc2ccccc2OC)c1. The minimum atomic E-state index is 0.917. The summed E-state index contributed by atoms with van der Waals surface area (Å²) in [6.45, 7) is 2.00. The summed E-state index contributed by atoms with van der Waals surface area (Å²) >= 11 is 0. The first kappa shape index (κ1) is 14.4. The van der Waals surface area contributed by atoms with Crippen LogP contribution in [-0.4, -0.2) is 20.8 Å². The Bertz CT molecular complexity index is 540. The second-order valence-electron chi connectivity index (χ2n) is 4.69. The lowest BCUT2D eigenvalue weighted by Crippen LogP contribution is -2.83. The summed E-state index contributed by atoms with van der Waals surface area (Å²) in [7, 11) is 3.42. The van der Waals surface area contributed by atoms with Crippen molar-refractivity contribution in [2.24, 2.45) is 0 Å². The highest BCUT2D eigenvalue weighted by Crippen LogP contribution is 2.16. The van der Waals surface area contributed by atoms with Crippen LogP contribution in [0.15, 0.2) is 48.5 Å². The fraction of sp³-hybridized carbons (Fsp3) is 0.294. The molecule has 0 amide bonds. The summed E-state index contributed by atoms with van der Waals surface area (Å²) in [4.78, 5) is 0. The van der Waals surface area contributed by atoms with Crippen LogP contribution < -0.4 is 14.8 Å². The van der Waals surface area contributed by atoms with Crippen LogP contribution in [0.4, 0.5) is 0 Å². The lowest BCUT2D eigenvalue weighted by atomic mass is 10.1. The Morgan fingerprint density at radius 3 is 2.60 bits per heavy atom. The Kier molecular flexibility index (Phi) is 5.44. The van der Waals surface area contributed by atoms with E-state index in [4.69, 9.17) is 9.47 Å². The van der Waals surface area contributed by atoms with Crippen LogP contribution in [0.1, 0.15) is 11.1 Å². The fourth-order valence-electron chi connectivity index (χ4n) is 2.24. The minimum Gasteiger partial charge on any atom is -0.497 e. The van der Waals surface area contributed by atoms with Crippen molar-refractivity contribution in [1.29, 1.82) is 0 Å². The summed E-state index contributed by atoms with van der Waals surface area (Å²) < 4.78 is 10.6. The summed E-state index contributed by atoms with van der Waals surface area (Å²) in [5, 5.41) is 2.31. The van der Waals surface area contributed by atoms with Gasteiger partial charge in [0.1, 0.15) is 18.0 Å². The van der Waals surface area contributed by atoms with Crippen molar-refractivity contribution in [1.82, 2.24) is 0 Å². The molecule has 106 valence electrons. The molecule has 2 N–H and O–H groups in total. The number of methoxy groups -OCH3 is 2. The lowest BCUT2D eigenvalue weighted by molar-refractivity contribution is -0.670. The zero-order valence-corrected chi connectivity index (χ0v) is 12.1. The minimum absolute atomic E-state index is 0.917. The summed E-state index contributed by atoms with van der Waals surface area (Å²) in [6, 6.07) is 16.4. The van der Waals surface area contributed by atoms with Crippen molar-refractivity contribution in [3.63, 3.8) is 0 Å². The maximum absolute atomic E-state index is 5.36. The molecule has 0 aliphatic carbocycles. The molecule has 0 saturated carbocycles. The van der Waals surface area contributed by atoms with Crippen LogP contribution in [-0.2, 0) is 13.0 Å². The number of ether oxygens (including phenoxy) is 2. The third-order valence-corrected chi connectivity index (χ3v) is 3.32. The van der Waals surface area contributed by atoms with Crippen molar-refractivity contribution in [2.75, 3.05) is 20.8 Å². The molecule has 0 aliphatic rings. The highest BCUT2D eigenvalue weighted by Gasteiger charge is 2.03. The Hall–Kier alpha value is -2.00. The predicted molar refractivity (Wildman–Crippen MR) is 80.2 cm³/mol. The van der Waals surface area contributed by atoms with Gasteiger partial charge in [0.2, 0.25) is 0 Å². The molecule has 2 aromatic rings. The van der Waals surface area contributed by atoms with Crippen molar-refractivity contribution >= 4 is 0 Å². The number of nitrogens with two attached hydrogens (primary N) is 1. The van der Waals surface area contributed by atoms with Crippen LogP contribution in [0.5, 0.6) is 11.5 Å². The zero-order chi connectivity index (χ0) is 14.2. The van der Waals surface area contributed by atoms with E-state index in [0.717, 1.165) is 31.0 Å². The average molecular weight is 272 g/mol. The highest BCUT2D eigenvalue weighted by molar-refractivity contribution is 5.33. The van der Waals surface area contributed by atoms with Crippen molar-refractivity contribution in [3.05, 3.63) is 59.7 Å². The lowest BCUT2D eigenvalue weighted by Gasteiger charge is -2.08.